The first-order valence-electron chi connectivity index (χ1n) is 6.06. The molecule has 1 atom stereocenters. The summed E-state index contributed by atoms with van der Waals surface area (Å²) in [5.41, 5.74) is 0.850. The summed E-state index contributed by atoms with van der Waals surface area (Å²) in [5.74, 6) is 0.309. The first-order chi connectivity index (χ1) is 8.44. The number of nitrogens with zero attached hydrogens (tertiary/aromatic N) is 1. The molecule has 0 amide bonds. The van der Waals surface area contributed by atoms with Gasteiger partial charge in [-0.2, -0.15) is 0 Å². The first-order valence-corrected chi connectivity index (χ1v) is 7.88. The van der Waals surface area contributed by atoms with E-state index in [1.165, 1.54) is 0 Å². The third-order valence-electron chi connectivity index (χ3n) is 2.89. The third-order valence-corrected chi connectivity index (χ3v) is 4.58. The van der Waals surface area contributed by atoms with Crippen molar-refractivity contribution < 1.29 is 13.5 Å². The zero-order valence-electron chi connectivity index (χ0n) is 10.9. The van der Waals surface area contributed by atoms with Gasteiger partial charge in [0.25, 0.3) is 0 Å². The minimum Gasteiger partial charge on any atom is -0.387 e. The molecule has 1 rings (SSSR count). The van der Waals surface area contributed by atoms with Gasteiger partial charge in [0.15, 0.2) is 9.84 Å². The fourth-order valence-electron chi connectivity index (χ4n) is 1.61. The van der Waals surface area contributed by atoms with Crippen LogP contribution in [0.25, 0.3) is 0 Å². The molecule has 5 heteroatoms. The van der Waals surface area contributed by atoms with Gasteiger partial charge in [-0.3, -0.25) is 0 Å². The van der Waals surface area contributed by atoms with Gasteiger partial charge in [-0.05, 0) is 12.6 Å². The number of aliphatic hydroxyl groups is 1. The largest absolute Gasteiger partial charge is 0.387 e. The van der Waals surface area contributed by atoms with E-state index < -0.39 is 15.9 Å². The maximum absolute atomic E-state index is 11.4. The van der Waals surface area contributed by atoms with Crippen molar-refractivity contribution in [2.75, 3.05) is 31.6 Å². The lowest BCUT2D eigenvalue weighted by atomic mass is 10.1. The minimum absolute atomic E-state index is 0.140. The summed E-state index contributed by atoms with van der Waals surface area (Å²) in [6.07, 6.45) is -0.583. The number of hydrogen-bond donors (Lipinski definition) is 1. The van der Waals surface area contributed by atoms with Crippen molar-refractivity contribution in [3.05, 3.63) is 35.9 Å². The Labute approximate surface area is 109 Å². The van der Waals surface area contributed by atoms with Crippen LogP contribution in [-0.2, 0) is 9.84 Å². The molecule has 0 heterocycles. The number of benzene rings is 1. The van der Waals surface area contributed by atoms with E-state index in [1.54, 1.807) is 6.92 Å². The van der Waals surface area contributed by atoms with E-state index in [4.69, 9.17) is 0 Å². The Hall–Kier alpha value is -0.910. The molecule has 18 heavy (non-hydrogen) atoms. The van der Waals surface area contributed by atoms with Crippen molar-refractivity contribution in [2.45, 2.75) is 13.0 Å². The van der Waals surface area contributed by atoms with Crippen LogP contribution < -0.4 is 0 Å². The van der Waals surface area contributed by atoms with Gasteiger partial charge in [-0.25, -0.2) is 8.42 Å². The van der Waals surface area contributed by atoms with E-state index in [1.807, 2.05) is 42.3 Å². The summed E-state index contributed by atoms with van der Waals surface area (Å²) >= 11 is 0. The van der Waals surface area contributed by atoms with E-state index in [9.17, 15) is 13.5 Å². The van der Waals surface area contributed by atoms with Gasteiger partial charge in [-0.15, -0.1) is 0 Å². The lowest BCUT2D eigenvalue weighted by molar-refractivity contribution is 0.130. The lowest BCUT2D eigenvalue weighted by Gasteiger charge is -2.20. The standard InChI is InChI=1S/C13H21NO3S/c1-3-18(16,17)10-9-14(2)11-13(15)12-7-5-4-6-8-12/h4-8,13,15H,3,9-11H2,1-2H3. The van der Waals surface area contributed by atoms with Gasteiger partial charge in [0.1, 0.15) is 0 Å². The van der Waals surface area contributed by atoms with Crippen LogP contribution >= 0.6 is 0 Å². The Bertz CT molecular complexity index is 445. The SMILES string of the molecule is CCS(=O)(=O)CCN(C)CC(O)c1ccccc1. The van der Waals surface area contributed by atoms with Crippen LogP contribution in [0.5, 0.6) is 0 Å². The zero-order valence-corrected chi connectivity index (χ0v) is 11.7. The molecule has 0 fully saturated rings. The molecular weight excluding hydrogens is 250 g/mol. The van der Waals surface area contributed by atoms with Crippen molar-refractivity contribution in [3.8, 4) is 0 Å². The first kappa shape index (κ1) is 15.1. The van der Waals surface area contributed by atoms with Gasteiger partial charge in [-0.1, -0.05) is 37.3 Å². The van der Waals surface area contributed by atoms with Crippen molar-refractivity contribution >= 4 is 9.84 Å². The van der Waals surface area contributed by atoms with E-state index in [2.05, 4.69) is 0 Å². The van der Waals surface area contributed by atoms with Gasteiger partial charge in [0.2, 0.25) is 0 Å². The highest BCUT2D eigenvalue weighted by atomic mass is 32.2. The fourth-order valence-corrected chi connectivity index (χ4v) is 2.48. The smallest absolute Gasteiger partial charge is 0.151 e. The highest BCUT2D eigenvalue weighted by Crippen LogP contribution is 2.12. The molecule has 0 aliphatic rings. The quantitative estimate of drug-likeness (QED) is 0.806. The molecule has 0 radical (unpaired) electrons. The van der Waals surface area contributed by atoms with Crippen LogP contribution in [0.4, 0.5) is 0 Å². The number of aliphatic hydroxyl groups excluding tert-OH is 1. The predicted octanol–water partition coefficient (Wildman–Crippen LogP) is 1.09. The summed E-state index contributed by atoms with van der Waals surface area (Å²) < 4.78 is 22.7. The second-order valence-corrected chi connectivity index (χ2v) is 6.90. The molecule has 0 aliphatic heterocycles. The second-order valence-electron chi connectivity index (χ2n) is 4.43. The molecule has 0 saturated carbocycles. The second kappa shape index (κ2) is 6.87. The molecule has 4 nitrogen and oxygen atoms in total. The molecule has 1 aromatic carbocycles. The van der Waals surface area contributed by atoms with Crippen LogP contribution in [0.1, 0.15) is 18.6 Å². The van der Waals surface area contributed by atoms with Gasteiger partial charge in [0, 0.05) is 18.8 Å². The summed E-state index contributed by atoms with van der Waals surface area (Å²) in [4.78, 5) is 1.84. The van der Waals surface area contributed by atoms with Crippen molar-refractivity contribution in [2.24, 2.45) is 0 Å². The normalized spacial score (nSPS) is 13.8. The van der Waals surface area contributed by atoms with Crippen LogP contribution in [0.2, 0.25) is 0 Å². The van der Waals surface area contributed by atoms with Crippen molar-refractivity contribution in [1.82, 2.24) is 4.90 Å². The summed E-state index contributed by atoms with van der Waals surface area (Å²) in [5, 5.41) is 9.99. The maximum atomic E-state index is 11.4. The lowest BCUT2D eigenvalue weighted by Crippen LogP contribution is -2.30. The third kappa shape index (κ3) is 5.16. The highest BCUT2D eigenvalue weighted by molar-refractivity contribution is 7.91. The van der Waals surface area contributed by atoms with Gasteiger partial charge < -0.3 is 10.0 Å². The molecule has 0 spiro atoms. The molecule has 102 valence electrons. The summed E-state index contributed by atoms with van der Waals surface area (Å²) in [6.45, 7) is 2.53. The van der Waals surface area contributed by atoms with Gasteiger partial charge >= 0.3 is 0 Å². The average Bonchev–Trinajstić information content (AvgIpc) is 2.37. The predicted molar refractivity (Wildman–Crippen MR) is 73.2 cm³/mol. The van der Waals surface area contributed by atoms with Crippen LogP contribution in [0, 0.1) is 0 Å². The average molecular weight is 271 g/mol. The molecule has 1 aromatic rings. The molecule has 0 bridgehead atoms. The van der Waals surface area contributed by atoms with E-state index >= 15 is 0 Å². The van der Waals surface area contributed by atoms with Crippen molar-refractivity contribution in [1.29, 1.82) is 0 Å². The number of likely N-dealkylation sites (N-methyl/N-ethyl adjacent to an activating group) is 1. The highest BCUT2D eigenvalue weighted by Gasteiger charge is 2.13. The monoisotopic (exact) mass is 271 g/mol. The Morgan fingerprint density at radius 1 is 1.28 bits per heavy atom. The molecular formula is C13H21NO3S. The summed E-state index contributed by atoms with van der Waals surface area (Å²) in [7, 11) is -1.12. The zero-order chi connectivity index (χ0) is 13.6. The Balaban J connectivity index is 2.43. The molecule has 0 saturated heterocycles. The van der Waals surface area contributed by atoms with E-state index in [0.29, 0.717) is 13.1 Å². The topological polar surface area (TPSA) is 57.6 Å². The molecule has 0 aromatic heterocycles. The summed E-state index contributed by atoms with van der Waals surface area (Å²) in [6, 6.07) is 9.37. The Kier molecular flexibility index (Phi) is 5.78. The van der Waals surface area contributed by atoms with Crippen LogP contribution in [0.3, 0.4) is 0 Å². The number of sulfone groups is 1. The Morgan fingerprint density at radius 2 is 1.89 bits per heavy atom. The van der Waals surface area contributed by atoms with Gasteiger partial charge in [0.05, 0.1) is 11.9 Å². The molecule has 1 unspecified atom stereocenters. The van der Waals surface area contributed by atoms with Crippen molar-refractivity contribution in [3.63, 3.8) is 0 Å². The van der Waals surface area contributed by atoms with E-state index in [-0.39, 0.29) is 11.5 Å². The van der Waals surface area contributed by atoms with E-state index in [0.717, 1.165) is 5.56 Å². The Morgan fingerprint density at radius 3 is 2.44 bits per heavy atom. The number of rotatable bonds is 7. The minimum atomic E-state index is -2.94. The molecule has 0 aliphatic carbocycles. The van der Waals surface area contributed by atoms with Crippen LogP contribution in [-0.4, -0.2) is 50.1 Å². The fraction of sp³-hybridized carbons (Fsp3) is 0.538. The number of hydrogen-bond acceptors (Lipinski definition) is 4. The van der Waals surface area contributed by atoms with Crippen LogP contribution in [0.15, 0.2) is 30.3 Å². The molecule has 1 N–H and O–H groups in total. The maximum Gasteiger partial charge on any atom is 0.151 e.